The molecule has 3 rings (SSSR count). The second kappa shape index (κ2) is 6.97. The van der Waals surface area contributed by atoms with Crippen molar-refractivity contribution in [1.29, 1.82) is 0 Å². The van der Waals surface area contributed by atoms with Crippen LogP contribution >= 0.6 is 0 Å². The smallest absolute Gasteiger partial charge is 0.319 e. The molecule has 0 bridgehead atoms. The van der Waals surface area contributed by atoms with Gasteiger partial charge in [0.25, 0.3) is 5.91 Å². The zero-order chi connectivity index (χ0) is 16.9. The summed E-state index contributed by atoms with van der Waals surface area (Å²) in [5.41, 5.74) is 5.61. The first-order valence-corrected chi connectivity index (χ1v) is 7.52. The highest BCUT2D eigenvalue weighted by molar-refractivity contribution is 6.00. The Hall–Kier alpha value is -3.12. The van der Waals surface area contributed by atoms with Gasteiger partial charge in [0.2, 0.25) is 0 Å². The summed E-state index contributed by atoms with van der Waals surface area (Å²) in [6, 6.07) is 14.8. The lowest BCUT2D eigenvalue weighted by molar-refractivity contribution is -0.125. The first-order valence-electron chi connectivity index (χ1n) is 7.52. The predicted molar refractivity (Wildman–Crippen MR) is 90.4 cm³/mol. The highest BCUT2D eigenvalue weighted by Crippen LogP contribution is 2.27. The van der Waals surface area contributed by atoms with E-state index in [4.69, 9.17) is 5.21 Å². The molecule has 4 N–H and O–H groups in total. The molecule has 0 unspecified atom stereocenters. The molecular formula is C18H17N3O3. The molecule has 0 spiro atoms. The van der Waals surface area contributed by atoms with Crippen LogP contribution < -0.4 is 16.1 Å². The highest BCUT2D eigenvalue weighted by atomic mass is 16.5. The van der Waals surface area contributed by atoms with Crippen molar-refractivity contribution < 1.29 is 14.8 Å². The number of urea groups is 1. The molecule has 122 valence electrons. The first-order chi connectivity index (χ1) is 11.7. The maximum Gasteiger partial charge on any atom is 0.319 e. The van der Waals surface area contributed by atoms with Gasteiger partial charge in [0.15, 0.2) is 0 Å². The van der Waals surface area contributed by atoms with Crippen molar-refractivity contribution in [2.75, 3.05) is 5.32 Å². The van der Waals surface area contributed by atoms with Crippen molar-refractivity contribution in [3.63, 3.8) is 0 Å². The zero-order valence-corrected chi connectivity index (χ0v) is 12.9. The fourth-order valence-electron chi connectivity index (χ4n) is 2.58. The van der Waals surface area contributed by atoms with Crippen molar-refractivity contribution in [3.05, 3.63) is 70.8 Å². The van der Waals surface area contributed by atoms with Crippen LogP contribution in [-0.4, -0.2) is 17.1 Å². The fraction of sp³-hybridized carbons (Fsp3) is 0.111. The molecule has 0 fully saturated rings. The molecule has 2 aromatic rings. The fourth-order valence-corrected chi connectivity index (χ4v) is 2.58. The van der Waals surface area contributed by atoms with Gasteiger partial charge >= 0.3 is 6.03 Å². The molecule has 1 aliphatic rings. The molecule has 2 aromatic carbocycles. The first kappa shape index (κ1) is 15.8. The van der Waals surface area contributed by atoms with Crippen LogP contribution in [0.25, 0.3) is 6.08 Å². The summed E-state index contributed by atoms with van der Waals surface area (Å²) in [4.78, 5) is 23.4. The van der Waals surface area contributed by atoms with Crippen molar-refractivity contribution in [1.82, 2.24) is 10.8 Å². The molecule has 24 heavy (non-hydrogen) atoms. The van der Waals surface area contributed by atoms with Crippen LogP contribution in [-0.2, 0) is 17.8 Å². The van der Waals surface area contributed by atoms with E-state index in [1.165, 1.54) is 0 Å². The van der Waals surface area contributed by atoms with E-state index in [0.717, 1.165) is 16.7 Å². The summed E-state index contributed by atoms with van der Waals surface area (Å²) >= 11 is 0. The molecule has 0 aliphatic heterocycles. The van der Waals surface area contributed by atoms with Crippen LogP contribution in [0.1, 0.15) is 16.7 Å². The van der Waals surface area contributed by atoms with Crippen molar-refractivity contribution in [3.8, 4) is 0 Å². The van der Waals surface area contributed by atoms with Gasteiger partial charge in [0.05, 0.1) is 0 Å². The topological polar surface area (TPSA) is 90.5 Å². The summed E-state index contributed by atoms with van der Waals surface area (Å²) in [5.74, 6) is -0.513. The van der Waals surface area contributed by atoms with Crippen LogP contribution in [0.3, 0.4) is 0 Å². The van der Waals surface area contributed by atoms with Crippen LogP contribution in [0.4, 0.5) is 10.5 Å². The number of fused-ring (bicyclic) bond motifs is 1. The molecule has 0 aromatic heterocycles. The molecule has 0 radical (unpaired) electrons. The Morgan fingerprint density at radius 1 is 1.08 bits per heavy atom. The van der Waals surface area contributed by atoms with E-state index in [1.54, 1.807) is 23.7 Å². The van der Waals surface area contributed by atoms with E-state index < -0.39 is 5.91 Å². The van der Waals surface area contributed by atoms with E-state index >= 15 is 0 Å². The number of hydrogen-bond donors (Lipinski definition) is 4. The van der Waals surface area contributed by atoms with Gasteiger partial charge in [-0.15, -0.1) is 0 Å². The molecule has 6 heteroatoms. The number of amides is 3. The molecular weight excluding hydrogens is 306 g/mol. The normalized spacial score (nSPS) is 12.1. The number of nitrogens with one attached hydrogen (secondary N) is 3. The molecule has 0 heterocycles. The second-order valence-corrected chi connectivity index (χ2v) is 5.49. The SMILES string of the molecule is O=C(NCc1ccccc1)Nc1ccc2c(c1)C=C(C(=O)NO)C2. The molecule has 0 saturated carbocycles. The highest BCUT2D eigenvalue weighted by Gasteiger charge is 2.18. The van der Waals surface area contributed by atoms with Crippen LogP contribution in [0, 0.1) is 0 Å². The van der Waals surface area contributed by atoms with Crippen molar-refractivity contribution in [2.24, 2.45) is 0 Å². The molecule has 3 amide bonds. The molecule has 0 saturated heterocycles. The number of anilines is 1. The third-order valence-corrected chi connectivity index (χ3v) is 3.80. The summed E-state index contributed by atoms with van der Waals surface area (Å²) in [5, 5.41) is 14.3. The van der Waals surface area contributed by atoms with Gasteiger partial charge < -0.3 is 10.6 Å². The van der Waals surface area contributed by atoms with Crippen LogP contribution in [0.2, 0.25) is 0 Å². The number of carbonyl (C=O) groups is 2. The number of rotatable bonds is 4. The molecule has 0 atom stereocenters. The van der Waals surface area contributed by atoms with E-state index in [0.29, 0.717) is 24.2 Å². The summed E-state index contributed by atoms with van der Waals surface area (Å²) in [6.07, 6.45) is 2.16. The largest absolute Gasteiger partial charge is 0.334 e. The van der Waals surface area contributed by atoms with Gasteiger partial charge in [0.1, 0.15) is 0 Å². The van der Waals surface area contributed by atoms with E-state index in [9.17, 15) is 9.59 Å². The lowest BCUT2D eigenvalue weighted by atomic mass is 10.1. The van der Waals surface area contributed by atoms with Crippen LogP contribution in [0.15, 0.2) is 54.1 Å². The Labute approximate surface area is 139 Å². The monoisotopic (exact) mass is 323 g/mol. The standard InChI is InChI=1S/C18H17N3O3/c22-17(21-24)15-8-13-6-7-16(10-14(13)9-15)20-18(23)19-11-12-4-2-1-3-5-12/h1-7,9-10,24H,8,11H2,(H,21,22)(H2,19,20,23). The van der Waals surface area contributed by atoms with Gasteiger partial charge in [-0.1, -0.05) is 36.4 Å². The minimum absolute atomic E-state index is 0.297. The van der Waals surface area contributed by atoms with Crippen molar-refractivity contribution >= 4 is 23.7 Å². The summed E-state index contributed by atoms with van der Waals surface area (Å²) < 4.78 is 0. The average molecular weight is 323 g/mol. The minimum atomic E-state index is -0.513. The van der Waals surface area contributed by atoms with Crippen molar-refractivity contribution in [2.45, 2.75) is 13.0 Å². The second-order valence-electron chi connectivity index (χ2n) is 5.49. The third kappa shape index (κ3) is 3.61. The molecule has 6 nitrogen and oxygen atoms in total. The predicted octanol–water partition coefficient (Wildman–Crippen LogP) is 2.45. The van der Waals surface area contributed by atoms with Gasteiger partial charge in [0, 0.05) is 24.2 Å². The van der Waals surface area contributed by atoms with Gasteiger partial charge in [-0.25, -0.2) is 10.3 Å². The van der Waals surface area contributed by atoms with E-state index in [2.05, 4.69) is 10.6 Å². The van der Waals surface area contributed by atoms with Crippen LogP contribution in [0.5, 0.6) is 0 Å². The maximum absolute atomic E-state index is 12.0. The Morgan fingerprint density at radius 2 is 1.88 bits per heavy atom. The zero-order valence-electron chi connectivity index (χ0n) is 12.9. The van der Waals surface area contributed by atoms with Gasteiger partial charge in [-0.2, -0.15) is 0 Å². The number of hydroxylamine groups is 1. The number of carbonyl (C=O) groups excluding carboxylic acids is 2. The maximum atomic E-state index is 12.0. The third-order valence-electron chi connectivity index (χ3n) is 3.80. The quantitative estimate of drug-likeness (QED) is 0.514. The number of benzene rings is 2. The lowest BCUT2D eigenvalue weighted by Crippen LogP contribution is -2.28. The minimum Gasteiger partial charge on any atom is -0.334 e. The average Bonchev–Trinajstić information content (AvgIpc) is 3.03. The van der Waals surface area contributed by atoms with E-state index in [1.807, 2.05) is 36.4 Å². The Bertz CT molecular complexity index is 800. The lowest BCUT2D eigenvalue weighted by Gasteiger charge is -2.09. The van der Waals surface area contributed by atoms with Gasteiger partial charge in [-0.3, -0.25) is 10.0 Å². The Balaban J connectivity index is 1.61. The molecule has 1 aliphatic carbocycles. The Kier molecular flexibility index (Phi) is 4.58. The summed E-state index contributed by atoms with van der Waals surface area (Å²) in [6.45, 7) is 0.443. The Morgan fingerprint density at radius 3 is 2.62 bits per heavy atom. The summed E-state index contributed by atoms with van der Waals surface area (Å²) in [7, 11) is 0. The van der Waals surface area contributed by atoms with Gasteiger partial charge in [-0.05, 0) is 34.9 Å². The number of hydrogen-bond acceptors (Lipinski definition) is 3. The van der Waals surface area contributed by atoms with E-state index in [-0.39, 0.29) is 6.03 Å².